The van der Waals surface area contributed by atoms with Gasteiger partial charge in [0.2, 0.25) is 0 Å². The summed E-state index contributed by atoms with van der Waals surface area (Å²) in [5, 5.41) is 11.1. The van der Waals surface area contributed by atoms with Crippen molar-refractivity contribution in [2.45, 2.75) is 44.6 Å². The summed E-state index contributed by atoms with van der Waals surface area (Å²) in [6, 6.07) is 5.43. The minimum Gasteiger partial charge on any atom is -0.444 e. The van der Waals surface area contributed by atoms with Crippen LogP contribution in [0.2, 0.25) is 10.0 Å². The molecule has 1 saturated carbocycles. The number of benzene rings is 1. The van der Waals surface area contributed by atoms with Gasteiger partial charge >= 0.3 is 6.09 Å². The maximum atomic E-state index is 12.5. The average molecular weight is 372 g/mol. The largest absolute Gasteiger partial charge is 0.444 e. The Labute approximate surface area is 152 Å². The summed E-state index contributed by atoms with van der Waals surface area (Å²) >= 11 is 12.6. The van der Waals surface area contributed by atoms with Crippen molar-refractivity contribution in [3.8, 4) is 0 Å². The van der Waals surface area contributed by atoms with E-state index in [0.29, 0.717) is 23.1 Å². The van der Waals surface area contributed by atoms with E-state index in [4.69, 9.17) is 27.9 Å². The van der Waals surface area contributed by atoms with E-state index in [-0.39, 0.29) is 23.5 Å². The van der Waals surface area contributed by atoms with E-state index < -0.39 is 5.60 Å². The molecule has 1 aromatic rings. The van der Waals surface area contributed by atoms with Gasteiger partial charge in [0, 0.05) is 34.0 Å². The second-order valence-electron chi connectivity index (χ2n) is 8.25. The second-order valence-corrected chi connectivity index (χ2v) is 9.10. The van der Waals surface area contributed by atoms with Crippen molar-refractivity contribution in [2.24, 2.45) is 5.41 Å². The Hall–Kier alpha value is -0.970. The number of hydrogen-bond donors (Lipinski definition) is 1. The van der Waals surface area contributed by atoms with E-state index in [1.165, 1.54) is 0 Å². The zero-order valence-corrected chi connectivity index (χ0v) is 15.7. The van der Waals surface area contributed by atoms with Crippen LogP contribution in [-0.4, -0.2) is 41.4 Å². The van der Waals surface area contributed by atoms with E-state index in [2.05, 4.69) is 0 Å². The zero-order chi connectivity index (χ0) is 17.8. The number of nitrogens with zero attached hydrogens (tertiary/aromatic N) is 1. The molecule has 1 aliphatic carbocycles. The van der Waals surface area contributed by atoms with Gasteiger partial charge in [0.1, 0.15) is 5.60 Å². The number of aliphatic hydroxyl groups excluding tert-OH is 1. The third kappa shape index (κ3) is 3.12. The highest BCUT2D eigenvalue weighted by atomic mass is 35.5. The van der Waals surface area contributed by atoms with Gasteiger partial charge < -0.3 is 14.7 Å². The van der Waals surface area contributed by atoms with Gasteiger partial charge in [-0.25, -0.2) is 4.79 Å². The number of hydrogen-bond acceptors (Lipinski definition) is 3. The predicted molar refractivity (Wildman–Crippen MR) is 94.7 cm³/mol. The summed E-state index contributed by atoms with van der Waals surface area (Å²) in [6.45, 7) is 6.64. The first kappa shape index (κ1) is 17.8. The Bertz CT molecular complexity index is 663. The highest BCUT2D eigenvalue weighted by Crippen LogP contribution is 2.60. The fourth-order valence-corrected chi connectivity index (χ4v) is 4.72. The summed E-state index contributed by atoms with van der Waals surface area (Å²) in [5.74, 6) is 0. The quantitative estimate of drug-likeness (QED) is 0.844. The lowest BCUT2D eigenvalue weighted by atomic mass is 9.48. The minimum absolute atomic E-state index is 0.0478. The molecule has 24 heavy (non-hydrogen) atoms. The lowest BCUT2D eigenvalue weighted by Crippen LogP contribution is -2.67. The third-order valence-corrected chi connectivity index (χ3v) is 5.50. The Morgan fingerprint density at radius 3 is 2.54 bits per heavy atom. The van der Waals surface area contributed by atoms with Crippen molar-refractivity contribution in [3.05, 3.63) is 33.8 Å². The number of carbonyl (C=O) groups is 1. The molecule has 2 bridgehead atoms. The fraction of sp³-hybridized carbons (Fsp3) is 0.611. The topological polar surface area (TPSA) is 49.8 Å². The molecule has 2 heterocycles. The molecule has 0 aromatic heterocycles. The van der Waals surface area contributed by atoms with Crippen LogP contribution in [-0.2, 0) is 10.2 Å². The van der Waals surface area contributed by atoms with Gasteiger partial charge in [-0.1, -0.05) is 23.2 Å². The first-order chi connectivity index (χ1) is 11.1. The molecule has 0 radical (unpaired) electrons. The fourth-order valence-electron chi connectivity index (χ4n) is 4.23. The summed E-state index contributed by atoms with van der Waals surface area (Å²) in [6.07, 6.45) is 1.26. The first-order valence-corrected chi connectivity index (χ1v) is 8.88. The molecular weight excluding hydrogens is 349 g/mol. The highest BCUT2D eigenvalue weighted by molar-refractivity contribution is 6.33. The van der Waals surface area contributed by atoms with Gasteiger partial charge in [0.05, 0.1) is 6.61 Å². The van der Waals surface area contributed by atoms with Gasteiger partial charge in [-0.2, -0.15) is 0 Å². The smallest absolute Gasteiger partial charge is 0.410 e. The second kappa shape index (κ2) is 5.79. The molecule has 0 atom stereocenters. The molecule has 2 aliphatic heterocycles. The number of ether oxygens (including phenoxy) is 1. The summed E-state index contributed by atoms with van der Waals surface area (Å²) in [5.41, 5.74) is -0.138. The Kier molecular flexibility index (Phi) is 4.30. The van der Waals surface area contributed by atoms with Crippen molar-refractivity contribution in [1.29, 1.82) is 0 Å². The summed E-state index contributed by atoms with van der Waals surface area (Å²) < 4.78 is 5.52. The first-order valence-electron chi connectivity index (χ1n) is 8.13. The molecule has 3 aliphatic rings. The summed E-state index contributed by atoms with van der Waals surface area (Å²) in [7, 11) is 0. The van der Waals surface area contributed by atoms with Crippen molar-refractivity contribution in [2.75, 3.05) is 19.7 Å². The summed E-state index contributed by atoms with van der Waals surface area (Å²) in [4.78, 5) is 14.2. The van der Waals surface area contributed by atoms with Crippen LogP contribution in [0.25, 0.3) is 0 Å². The van der Waals surface area contributed by atoms with Crippen molar-refractivity contribution >= 4 is 29.3 Å². The predicted octanol–water partition coefficient (Wildman–Crippen LogP) is 4.25. The molecule has 4 nitrogen and oxygen atoms in total. The number of fused-ring (bicyclic) bond motifs is 2. The van der Waals surface area contributed by atoms with E-state index in [0.717, 1.165) is 18.4 Å². The number of piperidine rings is 2. The number of aliphatic hydroxyl groups is 1. The van der Waals surface area contributed by atoms with Crippen LogP contribution in [0.3, 0.4) is 0 Å². The van der Waals surface area contributed by atoms with Gasteiger partial charge in [0.15, 0.2) is 0 Å². The molecule has 3 fully saturated rings. The molecule has 132 valence electrons. The van der Waals surface area contributed by atoms with Crippen LogP contribution in [0.1, 0.15) is 39.2 Å². The molecule has 1 aromatic carbocycles. The molecule has 2 saturated heterocycles. The Morgan fingerprint density at radius 2 is 1.96 bits per heavy atom. The maximum absolute atomic E-state index is 12.5. The monoisotopic (exact) mass is 371 g/mol. The molecule has 1 N–H and O–H groups in total. The van der Waals surface area contributed by atoms with Crippen LogP contribution >= 0.6 is 23.2 Å². The van der Waals surface area contributed by atoms with Gasteiger partial charge in [0.25, 0.3) is 0 Å². The van der Waals surface area contributed by atoms with E-state index >= 15 is 0 Å². The number of amides is 1. The standard InChI is InChI=1S/C18H23Cl2NO3/c1-16(2,3)24-15(23)21-9-17(11-22)7-18(8-17,10-21)13-6-12(19)4-5-14(13)20/h4-6,22H,7-11H2,1-3H3. The van der Waals surface area contributed by atoms with E-state index in [1.807, 2.05) is 26.8 Å². The van der Waals surface area contributed by atoms with Crippen LogP contribution in [0.4, 0.5) is 4.79 Å². The Morgan fingerprint density at radius 1 is 1.29 bits per heavy atom. The zero-order valence-electron chi connectivity index (χ0n) is 14.2. The number of rotatable bonds is 2. The van der Waals surface area contributed by atoms with Gasteiger partial charge in [-0.05, 0) is 57.4 Å². The minimum atomic E-state index is -0.550. The van der Waals surface area contributed by atoms with Gasteiger partial charge in [-0.3, -0.25) is 0 Å². The van der Waals surface area contributed by atoms with E-state index in [1.54, 1.807) is 17.0 Å². The molecule has 0 spiro atoms. The SMILES string of the molecule is CC(C)(C)OC(=O)N1CC2(CO)CC(c3cc(Cl)ccc3Cl)(C1)C2. The molecule has 6 heteroatoms. The lowest BCUT2D eigenvalue weighted by molar-refractivity contribution is -0.112. The molecule has 0 unspecified atom stereocenters. The number of halogens is 2. The maximum Gasteiger partial charge on any atom is 0.410 e. The van der Waals surface area contributed by atoms with Crippen molar-refractivity contribution in [1.82, 2.24) is 4.90 Å². The molecule has 4 rings (SSSR count). The van der Waals surface area contributed by atoms with Crippen molar-refractivity contribution in [3.63, 3.8) is 0 Å². The Balaban J connectivity index is 1.90. The van der Waals surface area contributed by atoms with Crippen LogP contribution in [0.5, 0.6) is 0 Å². The molecule has 1 amide bonds. The van der Waals surface area contributed by atoms with Crippen molar-refractivity contribution < 1.29 is 14.6 Å². The van der Waals surface area contributed by atoms with Crippen LogP contribution in [0, 0.1) is 5.41 Å². The lowest BCUT2D eigenvalue weighted by Gasteiger charge is -2.63. The van der Waals surface area contributed by atoms with Gasteiger partial charge in [-0.15, -0.1) is 0 Å². The van der Waals surface area contributed by atoms with Crippen LogP contribution in [0.15, 0.2) is 18.2 Å². The third-order valence-electron chi connectivity index (χ3n) is 4.93. The highest BCUT2D eigenvalue weighted by Gasteiger charge is 2.61. The average Bonchev–Trinajstić information content (AvgIpc) is 2.47. The number of carbonyl (C=O) groups excluding carboxylic acids is 1. The molecular formula is C18H23Cl2NO3. The normalized spacial score (nSPS) is 29.2. The van der Waals surface area contributed by atoms with Crippen LogP contribution < -0.4 is 0 Å². The van der Waals surface area contributed by atoms with E-state index in [9.17, 15) is 9.90 Å².